The summed E-state index contributed by atoms with van der Waals surface area (Å²) in [5.41, 5.74) is 1.18. The Hall–Kier alpha value is -0.390. The molecule has 0 radical (unpaired) electrons. The highest BCUT2D eigenvalue weighted by Gasteiger charge is 2.10. The van der Waals surface area contributed by atoms with Gasteiger partial charge >= 0.3 is 10.4 Å². The van der Waals surface area contributed by atoms with Crippen LogP contribution in [0.2, 0.25) is 0 Å². The Morgan fingerprint density at radius 2 is 2.08 bits per heavy atom. The average Bonchev–Trinajstić information content (AvgIpc) is 1.81. The van der Waals surface area contributed by atoms with Crippen molar-refractivity contribution in [3.05, 3.63) is 11.6 Å². The molecule has 0 bridgehead atoms. The Bertz CT molecular complexity index is 262. The number of hydrogen-bond donors (Lipinski definition) is 1. The van der Waals surface area contributed by atoms with E-state index >= 15 is 0 Å². The number of rotatable bonds is 5. The maximum atomic E-state index is 10.3. The van der Waals surface area contributed by atoms with E-state index in [1.165, 1.54) is 5.57 Å². The molecular formula is C8H16O4S. The predicted molar refractivity (Wildman–Crippen MR) is 50.8 cm³/mol. The molecule has 0 spiro atoms. The molecule has 0 saturated heterocycles. The van der Waals surface area contributed by atoms with Crippen molar-refractivity contribution in [2.24, 2.45) is 0 Å². The molecule has 78 valence electrons. The van der Waals surface area contributed by atoms with Gasteiger partial charge in [0.05, 0.1) is 6.10 Å². The van der Waals surface area contributed by atoms with E-state index in [1.807, 2.05) is 19.9 Å². The van der Waals surface area contributed by atoms with Crippen LogP contribution in [0.1, 0.15) is 33.6 Å². The Morgan fingerprint density at radius 1 is 1.54 bits per heavy atom. The molecule has 1 N–H and O–H groups in total. The molecular weight excluding hydrogens is 192 g/mol. The molecule has 0 aromatic heterocycles. The first-order chi connectivity index (χ1) is 5.81. The SMILES string of the molecule is CC(C)=CCCC(C)OS(=O)(=O)O. The zero-order chi connectivity index (χ0) is 10.5. The standard InChI is InChI=1S/C8H16O4S/c1-7(2)5-4-6-8(3)12-13(9,10)11/h5,8H,4,6H2,1-3H3,(H,9,10,11). The summed E-state index contributed by atoms with van der Waals surface area (Å²) in [7, 11) is -4.29. The molecule has 0 aromatic rings. The zero-order valence-corrected chi connectivity index (χ0v) is 8.97. The molecule has 0 saturated carbocycles. The van der Waals surface area contributed by atoms with Crippen LogP contribution in [0, 0.1) is 0 Å². The fourth-order valence-electron chi connectivity index (χ4n) is 0.862. The van der Waals surface area contributed by atoms with E-state index in [9.17, 15) is 8.42 Å². The highest BCUT2D eigenvalue weighted by Crippen LogP contribution is 2.06. The molecule has 0 fully saturated rings. The van der Waals surface area contributed by atoms with Crippen LogP contribution in [-0.2, 0) is 14.6 Å². The van der Waals surface area contributed by atoms with Crippen LogP contribution in [-0.4, -0.2) is 19.1 Å². The molecule has 0 rings (SSSR count). The first kappa shape index (κ1) is 12.6. The minimum Gasteiger partial charge on any atom is -0.264 e. The van der Waals surface area contributed by atoms with Crippen molar-refractivity contribution in [2.75, 3.05) is 0 Å². The first-order valence-electron chi connectivity index (χ1n) is 4.10. The summed E-state index contributed by atoms with van der Waals surface area (Å²) < 4.78 is 33.2. The molecule has 0 aromatic carbocycles. The van der Waals surface area contributed by atoms with Gasteiger partial charge in [-0.2, -0.15) is 8.42 Å². The third-order valence-electron chi connectivity index (χ3n) is 1.41. The second-order valence-corrected chi connectivity index (χ2v) is 4.24. The van der Waals surface area contributed by atoms with Gasteiger partial charge in [0.1, 0.15) is 0 Å². The lowest BCUT2D eigenvalue weighted by atomic mass is 10.2. The van der Waals surface area contributed by atoms with E-state index < -0.39 is 16.5 Å². The van der Waals surface area contributed by atoms with E-state index in [0.29, 0.717) is 6.42 Å². The van der Waals surface area contributed by atoms with Crippen molar-refractivity contribution in [3.63, 3.8) is 0 Å². The van der Waals surface area contributed by atoms with Crippen LogP contribution in [0.15, 0.2) is 11.6 Å². The van der Waals surface area contributed by atoms with Gasteiger partial charge in [0, 0.05) is 0 Å². The van der Waals surface area contributed by atoms with Crippen LogP contribution in [0.5, 0.6) is 0 Å². The van der Waals surface area contributed by atoms with Gasteiger partial charge in [-0.25, -0.2) is 4.18 Å². The summed E-state index contributed by atoms with van der Waals surface area (Å²) in [5.74, 6) is 0. The molecule has 4 nitrogen and oxygen atoms in total. The van der Waals surface area contributed by atoms with Gasteiger partial charge in [-0.15, -0.1) is 0 Å². The highest BCUT2D eigenvalue weighted by atomic mass is 32.3. The van der Waals surface area contributed by atoms with Gasteiger partial charge in [0.25, 0.3) is 0 Å². The largest absolute Gasteiger partial charge is 0.397 e. The molecule has 13 heavy (non-hydrogen) atoms. The van der Waals surface area contributed by atoms with Crippen LogP contribution >= 0.6 is 0 Å². The normalized spacial score (nSPS) is 13.8. The molecule has 1 atom stereocenters. The summed E-state index contributed by atoms with van der Waals surface area (Å²) in [6.07, 6.45) is 2.83. The Labute approximate surface area is 79.6 Å². The maximum absolute atomic E-state index is 10.3. The molecule has 0 aliphatic rings. The lowest BCUT2D eigenvalue weighted by molar-refractivity contribution is 0.190. The van der Waals surface area contributed by atoms with E-state index in [-0.39, 0.29) is 0 Å². The van der Waals surface area contributed by atoms with Crippen molar-refractivity contribution >= 4 is 10.4 Å². The molecule has 0 amide bonds. The minimum absolute atomic E-state index is 0.481. The van der Waals surface area contributed by atoms with Crippen molar-refractivity contribution in [3.8, 4) is 0 Å². The Balaban J connectivity index is 3.77. The Kier molecular flexibility index (Phi) is 5.20. The zero-order valence-electron chi connectivity index (χ0n) is 8.15. The van der Waals surface area contributed by atoms with Gasteiger partial charge < -0.3 is 0 Å². The van der Waals surface area contributed by atoms with Crippen LogP contribution < -0.4 is 0 Å². The van der Waals surface area contributed by atoms with E-state index in [4.69, 9.17) is 4.55 Å². The smallest absolute Gasteiger partial charge is 0.264 e. The molecule has 1 unspecified atom stereocenters. The monoisotopic (exact) mass is 208 g/mol. The molecule has 0 aliphatic heterocycles. The van der Waals surface area contributed by atoms with Gasteiger partial charge in [-0.3, -0.25) is 4.55 Å². The van der Waals surface area contributed by atoms with Gasteiger partial charge in [-0.05, 0) is 33.6 Å². The molecule has 0 aliphatic carbocycles. The quantitative estimate of drug-likeness (QED) is 0.554. The van der Waals surface area contributed by atoms with Crippen molar-refractivity contribution in [2.45, 2.75) is 39.7 Å². The topological polar surface area (TPSA) is 63.6 Å². The second kappa shape index (κ2) is 5.36. The summed E-state index contributed by atoms with van der Waals surface area (Å²) in [6.45, 7) is 5.54. The first-order valence-corrected chi connectivity index (χ1v) is 5.47. The van der Waals surface area contributed by atoms with Gasteiger partial charge in [0.2, 0.25) is 0 Å². The van der Waals surface area contributed by atoms with Crippen LogP contribution in [0.3, 0.4) is 0 Å². The summed E-state index contributed by atoms with van der Waals surface area (Å²) in [5, 5.41) is 0. The summed E-state index contributed by atoms with van der Waals surface area (Å²) >= 11 is 0. The lowest BCUT2D eigenvalue weighted by Crippen LogP contribution is -2.13. The fourth-order valence-corrected chi connectivity index (χ4v) is 1.37. The van der Waals surface area contributed by atoms with Crippen LogP contribution in [0.4, 0.5) is 0 Å². The molecule has 5 heteroatoms. The van der Waals surface area contributed by atoms with Crippen molar-refractivity contribution in [1.82, 2.24) is 0 Å². The third kappa shape index (κ3) is 9.52. The third-order valence-corrected chi connectivity index (χ3v) is 1.98. The van der Waals surface area contributed by atoms with Gasteiger partial charge in [0.15, 0.2) is 0 Å². The minimum atomic E-state index is -4.29. The Morgan fingerprint density at radius 3 is 2.46 bits per heavy atom. The van der Waals surface area contributed by atoms with E-state index in [0.717, 1.165) is 6.42 Å². The number of allylic oxidation sites excluding steroid dienone is 2. The van der Waals surface area contributed by atoms with Crippen molar-refractivity contribution in [1.29, 1.82) is 0 Å². The van der Waals surface area contributed by atoms with Crippen molar-refractivity contribution < 1.29 is 17.2 Å². The maximum Gasteiger partial charge on any atom is 0.397 e. The molecule has 0 heterocycles. The number of hydrogen-bond acceptors (Lipinski definition) is 3. The summed E-state index contributed by atoms with van der Waals surface area (Å²) in [4.78, 5) is 0. The lowest BCUT2D eigenvalue weighted by Gasteiger charge is -2.07. The van der Waals surface area contributed by atoms with E-state index in [1.54, 1.807) is 6.92 Å². The average molecular weight is 208 g/mol. The van der Waals surface area contributed by atoms with Gasteiger partial charge in [-0.1, -0.05) is 11.6 Å². The summed E-state index contributed by atoms with van der Waals surface area (Å²) in [6, 6.07) is 0. The van der Waals surface area contributed by atoms with Crippen LogP contribution in [0.25, 0.3) is 0 Å². The second-order valence-electron chi connectivity index (χ2n) is 3.19. The predicted octanol–water partition coefficient (Wildman–Crippen LogP) is 1.94. The highest BCUT2D eigenvalue weighted by molar-refractivity contribution is 7.80. The fraction of sp³-hybridized carbons (Fsp3) is 0.750. The van der Waals surface area contributed by atoms with E-state index in [2.05, 4.69) is 4.18 Å².